The molecule has 0 radical (unpaired) electrons. The maximum absolute atomic E-state index is 13.8. The summed E-state index contributed by atoms with van der Waals surface area (Å²) >= 11 is 5.92. The van der Waals surface area contributed by atoms with Crippen LogP contribution in [0.3, 0.4) is 0 Å². The van der Waals surface area contributed by atoms with E-state index in [2.05, 4.69) is 15.2 Å². The number of hydrogen-bond donors (Lipinski definition) is 1. The molecule has 142 valence electrons. The molecule has 1 N–H and O–H groups in total. The molecule has 0 saturated carbocycles. The lowest BCUT2D eigenvalue weighted by molar-refractivity contribution is -0.169. The van der Waals surface area contributed by atoms with Crippen molar-refractivity contribution in [1.82, 2.24) is 4.98 Å². The quantitative estimate of drug-likeness (QED) is 0.868. The molecule has 6 nitrogen and oxygen atoms in total. The molecule has 2 aliphatic heterocycles. The molecule has 1 aromatic heterocycles. The maximum Gasteiger partial charge on any atom is 0.261 e. The molecule has 8 heteroatoms. The average molecular weight is 392 g/mol. The van der Waals surface area contributed by atoms with Gasteiger partial charge in [-0.15, -0.1) is 0 Å². The van der Waals surface area contributed by atoms with Gasteiger partial charge in [0.15, 0.2) is 5.79 Å². The molecule has 0 atom stereocenters. The highest BCUT2D eigenvalue weighted by atomic mass is 35.5. The summed E-state index contributed by atoms with van der Waals surface area (Å²) < 4.78 is 25.3. The third kappa shape index (κ3) is 3.76. The lowest BCUT2D eigenvalue weighted by Crippen LogP contribution is -2.45. The van der Waals surface area contributed by atoms with E-state index in [1.54, 1.807) is 12.3 Å². The van der Waals surface area contributed by atoms with Crippen molar-refractivity contribution in [2.24, 2.45) is 0 Å². The second kappa shape index (κ2) is 7.42. The maximum atomic E-state index is 13.8. The highest BCUT2D eigenvalue weighted by Gasteiger charge is 2.39. The molecule has 0 aliphatic carbocycles. The van der Waals surface area contributed by atoms with Gasteiger partial charge in [0.1, 0.15) is 11.6 Å². The van der Waals surface area contributed by atoms with Crippen molar-refractivity contribution in [3.05, 3.63) is 52.9 Å². The molecule has 0 unspecified atom stereocenters. The number of pyridine rings is 1. The molecule has 1 aromatic carbocycles. The van der Waals surface area contributed by atoms with E-state index in [1.807, 2.05) is 6.07 Å². The van der Waals surface area contributed by atoms with Crippen LogP contribution in [0.15, 0.2) is 36.5 Å². The number of nitrogens with zero attached hydrogens (tertiary/aromatic N) is 2. The van der Waals surface area contributed by atoms with Gasteiger partial charge in [-0.05, 0) is 24.3 Å². The monoisotopic (exact) mass is 391 g/mol. The number of halogens is 2. The van der Waals surface area contributed by atoms with Crippen molar-refractivity contribution < 1.29 is 18.7 Å². The van der Waals surface area contributed by atoms with Crippen LogP contribution in [0.2, 0.25) is 5.02 Å². The average Bonchev–Trinajstić information content (AvgIpc) is 3.11. The third-order valence-corrected chi connectivity index (χ3v) is 5.20. The largest absolute Gasteiger partial charge is 0.370 e. The minimum atomic E-state index is -0.671. The number of aromatic nitrogens is 1. The molecule has 27 heavy (non-hydrogen) atoms. The molecule has 1 spiro atoms. The van der Waals surface area contributed by atoms with Crippen LogP contribution in [-0.4, -0.2) is 43.0 Å². The Morgan fingerprint density at radius 1 is 1.19 bits per heavy atom. The van der Waals surface area contributed by atoms with Crippen molar-refractivity contribution in [2.75, 3.05) is 36.5 Å². The summed E-state index contributed by atoms with van der Waals surface area (Å²) in [7, 11) is 0. The topological polar surface area (TPSA) is 63.7 Å². The van der Waals surface area contributed by atoms with Crippen molar-refractivity contribution in [2.45, 2.75) is 18.6 Å². The SMILES string of the molecule is O=C(Nc1ccc(N2CCC3(CC2)OCCO3)cn1)c1c(F)cccc1Cl. The summed E-state index contributed by atoms with van der Waals surface area (Å²) in [4.78, 5) is 18.7. The van der Waals surface area contributed by atoms with Crippen molar-refractivity contribution >= 4 is 29.0 Å². The molecular weight excluding hydrogens is 373 g/mol. The van der Waals surface area contributed by atoms with Gasteiger partial charge in [0.2, 0.25) is 0 Å². The van der Waals surface area contributed by atoms with Gasteiger partial charge < -0.3 is 19.7 Å². The highest BCUT2D eigenvalue weighted by Crippen LogP contribution is 2.33. The van der Waals surface area contributed by atoms with Crippen LogP contribution in [0.5, 0.6) is 0 Å². The summed E-state index contributed by atoms with van der Waals surface area (Å²) in [6, 6.07) is 7.68. The fourth-order valence-electron chi connectivity index (χ4n) is 3.43. The predicted molar refractivity (Wildman–Crippen MR) is 99.7 cm³/mol. The zero-order valence-corrected chi connectivity index (χ0v) is 15.3. The summed E-state index contributed by atoms with van der Waals surface area (Å²) in [6.45, 7) is 2.92. The number of benzene rings is 1. The van der Waals surface area contributed by atoms with Gasteiger partial charge in [-0.1, -0.05) is 17.7 Å². The van der Waals surface area contributed by atoms with E-state index < -0.39 is 17.5 Å². The Morgan fingerprint density at radius 3 is 2.56 bits per heavy atom. The van der Waals surface area contributed by atoms with Gasteiger partial charge in [-0.3, -0.25) is 4.79 Å². The van der Waals surface area contributed by atoms with Gasteiger partial charge in [0.25, 0.3) is 5.91 Å². The number of piperidine rings is 1. The zero-order valence-electron chi connectivity index (χ0n) is 14.6. The first-order valence-corrected chi connectivity index (χ1v) is 9.18. The van der Waals surface area contributed by atoms with Crippen LogP contribution < -0.4 is 10.2 Å². The predicted octanol–water partition coefficient (Wildman–Crippen LogP) is 3.47. The van der Waals surface area contributed by atoms with Gasteiger partial charge in [-0.2, -0.15) is 0 Å². The van der Waals surface area contributed by atoms with Crippen LogP contribution >= 0.6 is 11.6 Å². The smallest absolute Gasteiger partial charge is 0.261 e. The van der Waals surface area contributed by atoms with E-state index in [9.17, 15) is 9.18 Å². The van der Waals surface area contributed by atoms with E-state index in [1.165, 1.54) is 18.2 Å². The van der Waals surface area contributed by atoms with Crippen LogP contribution in [0.4, 0.5) is 15.9 Å². The first-order valence-electron chi connectivity index (χ1n) is 8.81. The number of anilines is 2. The van der Waals surface area contributed by atoms with Gasteiger partial charge in [-0.25, -0.2) is 9.37 Å². The molecule has 2 aromatic rings. The Hall–Kier alpha value is -2.22. The Bertz CT molecular complexity index is 810. The summed E-state index contributed by atoms with van der Waals surface area (Å²) in [5.74, 6) is -1.39. The number of ether oxygens (including phenoxy) is 2. The fraction of sp³-hybridized carbons (Fsp3) is 0.368. The normalized spacial score (nSPS) is 18.7. The fourth-order valence-corrected chi connectivity index (χ4v) is 3.68. The molecule has 3 heterocycles. The molecule has 4 rings (SSSR count). The van der Waals surface area contributed by atoms with Crippen molar-refractivity contribution in [3.63, 3.8) is 0 Å². The number of hydrogen-bond acceptors (Lipinski definition) is 5. The molecular formula is C19H19ClFN3O3. The lowest BCUT2D eigenvalue weighted by atomic mass is 10.0. The van der Waals surface area contributed by atoms with E-state index in [4.69, 9.17) is 21.1 Å². The Labute approximate surface area is 161 Å². The van der Waals surface area contributed by atoms with Gasteiger partial charge in [0, 0.05) is 25.9 Å². The van der Waals surface area contributed by atoms with E-state index >= 15 is 0 Å². The lowest BCUT2D eigenvalue weighted by Gasteiger charge is -2.38. The van der Waals surface area contributed by atoms with Crippen LogP contribution in [0.1, 0.15) is 23.2 Å². The van der Waals surface area contributed by atoms with E-state index in [-0.39, 0.29) is 10.6 Å². The molecule has 1 amide bonds. The number of amides is 1. The van der Waals surface area contributed by atoms with Crippen LogP contribution in [0, 0.1) is 5.82 Å². The minimum absolute atomic E-state index is 0.0581. The second-order valence-electron chi connectivity index (χ2n) is 6.55. The molecule has 2 aliphatic rings. The third-order valence-electron chi connectivity index (χ3n) is 4.88. The van der Waals surface area contributed by atoms with Crippen LogP contribution in [-0.2, 0) is 9.47 Å². The first-order chi connectivity index (χ1) is 13.1. The summed E-state index contributed by atoms with van der Waals surface area (Å²) in [5, 5.41) is 2.63. The number of nitrogens with one attached hydrogen (secondary N) is 1. The Balaban J connectivity index is 1.40. The van der Waals surface area contributed by atoms with E-state index in [0.29, 0.717) is 19.0 Å². The molecule has 0 bridgehead atoms. The standard InChI is InChI=1S/C19H19ClFN3O3/c20-14-2-1-3-15(21)17(14)18(25)23-16-5-4-13(12-22-16)24-8-6-19(7-9-24)26-10-11-27-19/h1-5,12H,6-11H2,(H,22,23,25). The van der Waals surface area contributed by atoms with Gasteiger partial charge >= 0.3 is 0 Å². The summed E-state index contributed by atoms with van der Waals surface area (Å²) in [5.41, 5.74) is 0.757. The minimum Gasteiger partial charge on any atom is -0.370 e. The highest BCUT2D eigenvalue weighted by molar-refractivity contribution is 6.34. The van der Waals surface area contributed by atoms with Crippen LogP contribution in [0.25, 0.3) is 0 Å². The summed E-state index contributed by atoms with van der Waals surface area (Å²) in [6.07, 6.45) is 3.29. The first kappa shape index (κ1) is 18.2. The Morgan fingerprint density at radius 2 is 1.93 bits per heavy atom. The molecule has 2 saturated heterocycles. The van der Waals surface area contributed by atoms with Gasteiger partial charge in [0.05, 0.1) is 35.7 Å². The number of carbonyl (C=O) groups excluding carboxylic acids is 1. The van der Waals surface area contributed by atoms with Crippen molar-refractivity contribution in [1.29, 1.82) is 0 Å². The van der Waals surface area contributed by atoms with Crippen molar-refractivity contribution in [3.8, 4) is 0 Å². The second-order valence-corrected chi connectivity index (χ2v) is 6.95. The number of carbonyl (C=O) groups is 1. The Kier molecular flexibility index (Phi) is 4.99. The van der Waals surface area contributed by atoms with E-state index in [0.717, 1.165) is 31.6 Å². The molecule has 2 fully saturated rings. The zero-order chi connectivity index (χ0) is 18.9. The number of rotatable bonds is 3.